The van der Waals surface area contributed by atoms with Crippen LogP contribution in [0.15, 0.2) is 133 Å². The third-order valence-corrected chi connectivity index (χ3v) is 9.23. The molecule has 6 aromatic carbocycles. The van der Waals surface area contributed by atoms with E-state index in [1.165, 1.54) is 54.6 Å². The van der Waals surface area contributed by atoms with Crippen molar-refractivity contribution in [2.45, 2.75) is 9.79 Å². The molecule has 17 nitrogen and oxygen atoms in total. The molecule has 0 aromatic heterocycles. The molecule has 6 aromatic rings. The van der Waals surface area contributed by atoms with Gasteiger partial charge in [0.1, 0.15) is 31.6 Å². The predicted molar refractivity (Wildman–Crippen MR) is 185 cm³/mol. The maximum atomic E-state index is 12.9. The van der Waals surface area contributed by atoms with Crippen molar-refractivity contribution in [1.82, 2.24) is 0 Å². The summed E-state index contributed by atoms with van der Waals surface area (Å²) in [5.74, 6) is -2.88. The van der Waals surface area contributed by atoms with Crippen LogP contribution in [0.2, 0.25) is 0 Å². The van der Waals surface area contributed by atoms with Crippen molar-refractivity contribution in [3.63, 3.8) is 0 Å². The fourth-order valence-corrected chi connectivity index (χ4v) is 6.42. The van der Waals surface area contributed by atoms with Crippen LogP contribution in [-0.4, -0.2) is 48.2 Å². The number of hydrogen-bond acceptors (Lipinski definition) is 15. The number of rotatable bonds is 9. The summed E-state index contributed by atoms with van der Waals surface area (Å²) >= 11 is 0. The molecule has 0 saturated heterocycles. The molecule has 0 saturated carbocycles. The Morgan fingerprint density at radius 1 is 0.554 bits per heavy atom. The van der Waals surface area contributed by atoms with Crippen molar-refractivity contribution < 1.29 is 140 Å². The molecule has 22 heteroatoms. The number of fused-ring (bicyclic) bond motifs is 2. The monoisotopic (exact) mass is 822 g/mol. The number of benzene rings is 6. The van der Waals surface area contributed by atoms with E-state index in [-0.39, 0.29) is 133 Å². The van der Waals surface area contributed by atoms with Crippen molar-refractivity contribution >= 4 is 87.9 Å². The van der Waals surface area contributed by atoms with Gasteiger partial charge in [0.05, 0.1) is 27.1 Å². The van der Waals surface area contributed by atoms with Crippen LogP contribution in [0.3, 0.4) is 0 Å². The molecular formula is C34H21N6Na3O11S2. The molecular weight excluding hydrogens is 802 g/mol. The number of nitrogens with zero attached hydrogens (tertiary/aromatic N) is 4. The number of carboxylic acid groups (broad SMARTS) is 1. The van der Waals surface area contributed by atoms with E-state index >= 15 is 0 Å². The van der Waals surface area contributed by atoms with E-state index in [1.54, 1.807) is 30.3 Å². The van der Waals surface area contributed by atoms with E-state index in [9.17, 15) is 50.8 Å². The fourth-order valence-electron chi connectivity index (χ4n) is 5.13. The van der Waals surface area contributed by atoms with Crippen molar-refractivity contribution in [1.29, 1.82) is 0 Å². The van der Waals surface area contributed by atoms with Crippen LogP contribution in [0.25, 0.3) is 21.5 Å². The molecule has 4 N–H and O–H groups in total. The second-order valence-corrected chi connectivity index (χ2v) is 13.8. The van der Waals surface area contributed by atoms with Gasteiger partial charge in [-0.15, -0.1) is 10.2 Å². The molecule has 0 spiro atoms. The number of anilines is 2. The number of amides is 2. The van der Waals surface area contributed by atoms with Gasteiger partial charge in [0.15, 0.2) is 11.5 Å². The summed E-state index contributed by atoms with van der Waals surface area (Å²) < 4.78 is 72.8. The number of carbonyl (C=O) groups excluding carboxylic acids is 2. The number of aromatic carboxylic acids is 1. The van der Waals surface area contributed by atoms with Crippen LogP contribution >= 0.6 is 0 Å². The van der Waals surface area contributed by atoms with Gasteiger partial charge in [-0.2, -0.15) is 10.2 Å². The zero-order valence-electron chi connectivity index (χ0n) is 29.5. The number of carboxylic acids is 1. The summed E-state index contributed by atoms with van der Waals surface area (Å²) in [6.45, 7) is 0. The Morgan fingerprint density at radius 2 is 1.00 bits per heavy atom. The Bertz CT molecular complexity index is 2780. The summed E-state index contributed by atoms with van der Waals surface area (Å²) in [6.07, 6.45) is 0. The van der Waals surface area contributed by atoms with E-state index in [2.05, 4.69) is 31.1 Å². The number of nitrogens with one attached hydrogen (secondary N) is 2. The Morgan fingerprint density at radius 3 is 1.45 bits per heavy atom. The topological polar surface area (TPSA) is 286 Å². The fraction of sp³-hybridized carbons (Fsp3) is 0. The SMILES string of the molecule is O=C(Nc1ccc2c(O)c(N=Nc3ccccc3)c(S(=O)(=O)[O-])cc2c1)Nc1ccc2c(O)c(N=Nc3cccc(C(=O)[O-])c3)c(S(=O)(=O)[O-])cc2c1.[Na+].[Na+].[Na+]. The van der Waals surface area contributed by atoms with E-state index in [1.807, 2.05) is 0 Å². The molecule has 0 bridgehead atoms. The minimum atomic E-state index is -5.26. The second-order valence-electron chi connectivity index (χ2n) is 11.1. The van der Waals surface area contributed by atoms with Gasteiger partial charge in [-0.05, 0) is 89.1 Å². The smallest absolute Gasteiger partial charge is 0.744 e. The van der Waals surface area contributed by atoms with Crippen LogP contribution in [0.4, 0.5) is 38.9 Å². The summed E-state index contributed by atoms with van der Waals surface area (Å²) in [6, 6.07) is 22.1. The molecule has 268 valence electrons. The van der Waals surface area contributed by atoms with Crippen LogP contribution in [-0.2, 0) is 20.2 Å². The maximum Gasteiger partial charge on any atom is 1.00 e. The molecule has 0 radical (unpaired) electrons. The minimum Gasteiger partial charge on any atom is -0.744 e. The zero-order chi connectivity index (χ0) is 38.1. The van der Waals surface area contributed by atoms with Crippen molar-refractivity contribution in [3.05, 3.63) is 109 Å². The molecule has 2 amide bonds. The van der Waals surface area contributed by atoms with Gasteiger partial charge in [-0.3, -0.25) is 0 Å². The van der Waals surface area contributed by atoms with Crippen LogP contribution in [0, 0.1) is 0 Å². The van der Waals surface area contributed by atoms with Gasteiger partial charge >= 0.3 is 94.7 Å². The van der Waals surface area contributed by atoms with Gasteiger partial charge in [-0.1, -0.05) is 30.3 Å². The molecule has 56 heavy (non-hydrogen) atoms. The summed E-state index contributed by atoms with van der Waals surface area (Å²) in [7, 11) is -10.4. The maximum absolute atomic E-state index is 12.9. The first-order valence-electron chi connectivity index (χ1n) is 14.9. The number of phenols is 2. The normalized spacial score (nSPS) is 11.5. The summed E-state index contributed by atoms with van der Waals surface area (Å²) in [5.41, 5.74) is -1.05. The third kappa shape index (κ3) is 10.8. The van der Waals surface area contributed by atoms with Gasteiger partial charge in [-0.25, -0.2) is 21.6 Å². The van der Waals surface area contributed by atoms with E-state index in [0.717, 1.165) is 18.2 Å². The van der Waals surface area contributed by atoms with Crippen LogP contribution in [0.1, 0.15) is 10.4 Å². The van der Waals surface area contributed by atoms with E-state index in [4.69, 9.17) is 0 Å². The molecule has 0 aliphatic heterocycles. The van der Waals surface area contributed by atoms with Gasteiger partial charge in [0.2, 0.25) is 0 Å². The standard InChI is InChI=1S/C34H24N6O11S2.3Na/c41-31-25-11-9-22(14-19(25)16-27(52(46,47)48)29(31)39-37-21-6-2-1-3-7-21)35-34(45)36-23-10-12-26-20(15-23)17-28(53(49,50)51)30(32(26)42)40-38-24-8-4-5-18(13-24)33(43)44;;;/h1-17,41-42H,(H,43,44)(H2,35,36,45)(H,46,47,48)(H,49,50,51);;;/q;3*+1/p-3. The van der Waals surface area contributed by atoms with Crippen LogP contribution < -0.4 is 104 Å². The number of phenolic OH excluding ortho intramolecular Hbond substituents is 2. The zero-order valence-corrected chi connectivity index (χ0v) is 37.1. The predicted octanol–water partition coefficient (Wildman–Crippen LogP) is -2.94. The Kier molecular flexibility index (Phi) is 15.9. The Labute approximate surface area is 384 Å². The van der Waals surface area contributed by atoms with Gasteiger partial charge in [0, 0.05) is 22.1 Å². The third-order valence-electron chi connectivity index (χ3n) is 7.53. The molecule has 0 aliphatic carbocycles. The first kappa shape index (κ1) is 46.6. The Hall–Kier alpha value is -3.80. The number of aromatic hydroxyl groups is 2. The van der Waals surface area contributed by atoms with E-state index in [0.29, 0.717) is 5.69 Å². The average molecular weight is 823 g/mol. The molecule has 0 unspecified atom stereocenters. The number of hydrogen-bond donors (Lipinski definition) is 4. The summed E-state index contributed by atoms with van der Waals surface area (Å²) in [5, 5.41) is 53.3. The second kappa shape index (κ2) is 19.1. The molecule has 0 fully saturated rings. The first-order valence-corrected chi connectivity index (χ1v) is 17.7. The first-order chi connectivity index (χ1) is 25.1. The molecule has 0 aliphatic rings. The van der Waals surface area contributed by atoms with Gasteiger partial charge in [0.25, 0.3) is 0 Å². The quantitative estimate of drug-likeness (QED) is 0.0650. The van der Waals surface area contributed by atoms with Gasteiger partial charge < -0.3 is 39.9 Å². The molecule has 0 heterocycles. The van der Waals surface area contributed by atoms with Crippen LogP contribution in [0.5, 0.6) is 11.5 Å². The molecule has 0 atom stereocenters. The molecule has 6 rings (SSSR count). The average Bonchev–Trinajstić information content (AvgIpc) is 3.10. The van der Waals surface area contributed by atoms with E-state index < -0.39 is 64.9 Å². The Balaban J connectivity index is 0.00000280. The van der Waals surface area contributed by atoms with Crippen molar-refractivity contribution in [2.75, 3.05) is 10.6 Å². The van der Waals surface area contributed by atoms with Crippen molar-refractivity contribution in [3.8, 4) is 11.5 Å². The summed E-state index contributed by atoms with van der Waals surface area (Å²) in [4.78, 5) is 22.3. The number of urea groups is 1. The number of azo groups is 2. The minimum absolute atomic E-state index is 0. The largest absolute Gasteiger partial charge is 1.00 e. The van der Waals surface area contributed by atoms with Crippen molar-refractivity contribution in [2.24, 2.45) is 20.5 Å². The number of carbonyl (C=O) groups is 2.